The van der Waals surface area contributed by atoms with Crippen molar-refractivity contribution in [2.75, 3.05) is 31.1 Å². The number of likely N-dealkylation sites (tertiary alicyclic amines) is 1. The lowest BCUT2D eigenvalue weighted by atomic mass is 10.0. The van der Waals surface area contributed by atoms with Gasteiger partial charge in [-0.2, -0.15) is 31.6 Å². The molecule has 0 bridgehead atoms. The van der Waals surface area contributed by atoms with Gasteiger partial charge in [0.25, 0.3) is 0 Å². The SMILES string of the molecule is N#Cc1ccc(N(Cc2ccccc2C(F)(F)F)C2CCN(CCO)C2)cc1C(F)(F)F. The molecule has 10 heteroatoms. The van der Waals surface area contributed by atoms with E-state index < -0.39 is 29.0 Å². The summed E-state index contributed by atoms with van der Waals surface area (Å²) in [5, 5.41) is 18.2. The fourth-order valence-electron chi connectivity index (χ4n) is 4.00. The number of nitriles is 1. The molecule has 0 saturated carbocycles. The monoisotopic (exact) mass is 457 g/mol. The number of rotatable bonds is 6. The molecule has 1 unspecified atom stereocenters. The minimum Gasteiger partial charge on any atom is -0.395 e. The van der Waals surface area contributed by atoms with Crippen molar-refractivity contribution in [1.29, 1.82) is 5.26 Å². The first-order chi connectivity index (χ1) is 15.0. The summed E-state index contributed by atoms with van der Waals surface area (Å²) in [6.07, 6.45) is -8.88. The molecule has 0 radical (unpaired) electrons. The Balaban J connectivity index is 2.05. The van der Waals surface area contributed by atoms with Crippen molar-refractivity contribution in [3.05, 3.63) is 64.7 Å². The number of halogens is 6. The molecule has 1 saturated heterocycles. The van der Waals surface area contributed by atoms with Crippen molar-refractivity contribution in [1.82, 2.24) is 4.90 Å². The highest BCUT2D eigenvalue weighted by Gasteiger charge is 2.37. The van der Waals surface area contributed by atoms with E-state index in [0.29, 0.717) is 26.1 Å². The Morgan fingerprint density at radius 3 is 2.34 bits per heavy atom. The van der Waals surface area contributed by atoms with Crippen LogP contribution in [0.3, 0.4) is 0 Å². The quantitative estimate of drug-likeness (QED) is 0.641. The van der Waals surface area contributed by atoms with Crippen LogP contribution in [-0.2, 0) is 18.9 Å². The number of nitrogens with zero attached hydrogens (tertiary/aromatic N) is 3. The van der Waals surface area contributed by atoms with Crippen LogP contribution in [0.15, 0.2) is 42.5 Å². The van der Waals surface area contributed by atoms with E-state index in [1.165, 1.54) is 35.2 Å². The summed E-state index contributed by atoms with van der Waals surface area (Å²) in [4.78, 5) is 3.43. The van der Waals surface area contributed by atoms with E-state index in [-0.39, 0.29) is 30.4 Å². The Labute approximate surface area is 181 Å². The number of β-amino-alcohol motifs (C(OH)–C–C–N with tert-alkyl or cyclic N) is 1. The second kappa shape index (κ2) is 9.38. The van der Waals surface area contributed by atoms with Crippen LogP contribution in [0, 0.1) is 11.3 Å². The van der Waals surface area contributed by atoms with Gasteiger partial charge in [-0.05, 0) is 36.2 Å². The molecular formula is C22H21F6N3O. The summed E-state index contributed by atoms with van der Waals surface area (Å²) in [7, 11) is 0. The number of aliphatic hydroxyl groups excluding tert-OH is 1. The van der Waals surface area contributed by atoms with Gasteiger partial charge in [-0.3, -0.25) is 4.90 Å². The summed E-state index contributed by atoms with van der Waals surface area (Å²) in [6.45, 7) is 0.959. The van der Waals surface area contributed by atoms with Gasteiger partial charge < -0.3 is 10.0 Å². The molecule has 0 spiro atoms. The maximum Gasteiger partial charge on any atom is 0.417 e. The third kappa shape index (κ3) is 5.34. The average molecular weight is 457 g/mol. The van der Waals surface area contributed by atoms with Gasteiger partial charge in [-0.25, -0.2) is 0 Å². The maximum absolute atomic E-state index is 13.5. The van der Waals surface area contributed by atoms with Gasteiger partial charge in [0.1, 0.15) is 0 Å². The molecular weight excluding hydrogens is 436 g/mol. The zero-order valence-electron chi connectivity index (χ0n) is 16.9. The minimum atomic E-state index is -4.78. The molecule has 0 amide bonds. The molecule has 1 fully saturated rings. The van der Waals surface area contributed by atoms with Crippen LogP contribution >= 0.6 is 0 Å². The molecule has 4 nitrogen and oxygen atoms in total. The van der Waals surface area contributed by atoms with Crippen LogP contribution in [0.25, 0.3) is 0 Å². The second-order valence-corrected chi connectivity index (χ2v) is 7.59. The lowest BCUT2D eigenvalue weighted by molar-refractivity contribution is -0.138. The summed E-state index contributed by atoms with van der Waals surface area (Å²) in [5.41, 5.74) is -2.50. The Bertz CT molecular complexity index is 983. The number of anilines is 1. The van der Waals surface area contributed by atoms with Gasteiger partial charge in [-0.15, -0.1) is 0 Å². The standard InChI is InChI=1S/C22H21F6N3O/c23-21(24,25)19-4-2-1-3-16(19)13-31(18-7-8-30(14-18)9-10-32)17-6-5-15(12-29)20(11-17)22(26,27)28/h1-6,11,18,32H,7-10,13-14H2. The van der Waals surface area contributed by atoms with Gasteiger partial charge in [0, 0.05) is 37.9 Å². The molecule has 1 heterocycles. The minimum absolute atomic E-state index is 0.0569. The highest BCUT2D eigenvalue weighted by Crippen LogP contribution is 2.37. The Morgan fingerprint density at radius 1 is 1.03 bits per heavy atom. The van der Waals surface area contributed by atoms with Crippen LogP contribution in [0.5, 0.6) is 0 Å². The van der Waals surface area contributed by atoms with Crippen molar-refractivity contribution in [2.45, 2.75) is 31.4 Å². The summed E-state index contributed by atoms with van der Waals surface area (Å²) < 4.78 is 81.1. The number of alkyl halides is 6. The summed E-state index contributed by atoms with van der Waals surface area (Å²) in [6, 6.07) is 9.32. The van der Waals surface area contributed by atoms with E-state index in [0.717, 1.165) is 18.2 Å². The third-order valence-corrected chi connectivity index (χ3v) is 5.53. The van der Waals surface area contributed by atoms with Crippen LogP contribution < -0.4 is 4.90 Å². The van der Waals surface area contributed by atoms with Crippen molar-refractivity contribution in [2.24, 2.45) is 0 Å². The van der Waals surface area contributed by atoms with Crippen LogP contribution in [0.2, 0.25) is 0 Å². The van der Waals surface area contributed by atoms with Gasteiger partial charge >= 0.3 is 12.4 Å². The number of hydrogen-bond donors (Lipinski definition) is 1. The van der Waals surface area contributed by atoms with E-state index in [1.807, 2.05) is 4.90 Å². The van der Waals surface area contributed by atoms with E-state index >= 15 is 0 Å². The zero-order valence-corrected chi connectivity index (χ0v) is 16.9. The Kier molecular flexibility index (Phi) is 7.00. The molecule has 32 heavy (non-hydrogen) atoms. The lowest BCUT2D eigenvalue weighted by Crippen LogP contribution is -2.38. The Hall–Kier alpha value is -2.77. The fraction of sp³-hybridized carbons (Fsp3) is 0.409. The molecule has 1 N–H and O–H groups in total. The van der Waals surface area contributed by atoms with E-state index in [2.05, 4.69) is 0 Å². The molecule has 0 aromatic heterocycles. The molecule has 172 valence electrons. The van der Waals surface area contributed by atoms with Crippen LogP contribution in [-0.4, -0.2) is 42.3 Å². The normalized spacial score (nSPS) is 17.4. The summed E-state index contributed by atoms with van der Waals surface area (Å²) >= 11 is 0. The van der Waals surface area contributed by atoms with E-state index in [4.69, 9.17) is 5.26 Å². The first-order valence-electron chi connectivity index (χ1n) is 9.91. The number of benzene rings is 2. The highest BCUT2D eigenvalue weighted by atomic mass is 19.4. The smallest absolute Gasteiger partial charge is 0.395 e. The van der Waals surface area contributed by atoms with Gasteiger partial charge in [-0.1, -0.05) is 18.2 Å². The van der Waals surface area contributed by atoms with Gasteiger partial charge in [0.2, 0.25) is 0 Å². The lowest BCUT2D eigenvalue weighted by Gasteiger charge is -2.33. The molecule has 0 aliphatic carbocycles. The van der Waals surface area contributed by atoms with Crippen molar-refractivity contribution < 1.29 is 31.4 Å². The highest BCUT2D eigenvalue weighted by molar-refractivity contribution is 5.56. The van der Waals surface area contributed by atoms with Gasteiger partial charge in [0.15, 0.2) is 0 Å². The third-order valence-electron chi connectivity index (χ3n) is 5.53. The predicted octanol–water partition coefficient (Wildman–Crippen LogP) is 4.67. The maximum atomic E-state index is 13.5. The molecule has 2 aromatic rings. The molecule has 2 aromatic carbocycles. The van der Waals surface area contributed by atoms with Crippen molar-refractivity contribution in [3.8, 4) is 6.07 Å². The fourth-order valence-corrected chi connectivity index (χ4v) is 4.00. The second-order valence-electron chi connectivity index (χ2n) is 7.59. The molecule has 1 aliphatic rings. The zero-order chi connectivity index (χ0) is 23.5. The van der Waals surface area contributed by atoms with Crippen LogP contribution in [0.4, 0.5) is 32.0 Å². The molecule has 1 atom stereocenters. The van der Waals surface area contributed by atoms with Crippen molar-refractivity contribution in [3.63, 3.8) is 0 Å². The topological polar surface area (TPSA) is 50.5 Å². The average Bonchev–Trinajstić information content (AvgIpc) is 3.19. The van der Waals surface area contributed by atoms with E-state index in [1.54, 1.807) is 0 Å². The summed E-state index contributed by atoms with van der Waals surface area (Å²) in [5.74, 6) is 0. The molecule has 1 aliphatic heterocycles. The number of hydrogen-bond acceptors (Lipinski definition) is 4. The van der Waals surface area contributed by atoms with E-state index in [9.17, 15) is 31.4 Å². The largest absolute Gasteiger partial charge is 0.417 e. The number of aliphatic hydroxyl groups is 1. The first kappa shape index (κ1) is 23.9. The molecule has 3 rings (SSSR count). The van der Waals surface area contributed by atoms with Gasteiger partial charge in [0.05, 0.1) is 29.4 Å². The first-order valence-corrected chi connectivity index (χ1v) is 9.91. The Morgan fingerprint density at radius 2 is 1.72 bits per heavy atom. The van der Waals surface area contributed by atoms with Crippen LogP contribution in [0.1, 0.15) is 28.7 Å². The van der Waals surface area contributed by atoms with Crippen molar-refractivity contribution >= 4 is 5.69 Å². The predicted molar refractivity (Wildman–Crippen MR) is 106 cm³/mol.